The second-order valence-electron chi connectivity index (χ2n) is 26.6. The monoisotopic (exact) mass is 1220 g/mol. The van der Waals surface area contributed by atoms with Gasteiger partial charge in [-0.2, -0.15) is 0 Å². The van der Waals surface area contributed by atoms with Gasteiger partial charge >= 0.3 is 11.9 Å². The number of carbonyl (C=O) groups excluding carboxylic acids is 3. The number of esters is 2. The molecule has 87 heavy (non-hydrogen) atoms. The molecule has 0 saturated carbocycles. The summed E-state index contributed by atoms with van der Waals surface area (Å²) in [6, 6.07) is 0. The second kappa shape index (κ2) is 68.9. The van der Waals surface area contributed by atoms with Crippen molar-refractivity contribution < 1.29 is 42.9 Å². The number of rotatable bonds is 70. The predicted molar refractivity (Wildman–Crippen MR) is 371 cm³/mol. The molecule has 9 nitrogen and oxygen atoms in total. The molecule has 9 heteroatoms. The Hall–Kier alpha value is -3.01. The lowest BCUT2D eigenvalue weighted by molar-refractivity contribution is -0.870. The fourth-order valence-electron chi connectivity index (χ4n) is 11.1. The molecule has 0 aromatic heterocycles. The third-order valence-electron chi connectivity index (χ3n) is 16.7. The summed E-state index contributed by atoms with van der Waals surface area (Å²) in [6.07, 6.45) is 87.6. The van der Waals surface area contributed by atoms with Gasteiger partial charge in [-0.15, -0.1) is 0 Å². The number of allylic oxidation sites excluding steroid dienone is 10. The number of aliphatic carboxylic acids is 1. The van der Waals surface area contributed by atoms with E-state index in [1.165, 1.54) is 270 Å². The fraction of sp³-hybridized carbons (Fsp3) is 0.833. The van der Waals surface area contributed by atoms with Crippen molar-refractivity contribution in [2.75, 3.05) is 47.5 Å². The quantitative estimate of drug-likeness (QED) is 0.0195. The van der Waals surface area contributed by atoms with E-state index in [-0.39, 0.29) is 32.2 Å². The van der Waals surface area contributed by atoms with E-state index in [9.17, 15) is 19.5 Å². The number of quaternary nitrogens is 1. The summed E-state index contributed by atoms with van der Waals surface area (Å²) in [5.74, 6) is -2.26. The van der Waals surface area contributed by atoms with E-state index in [0.717, 1.165) is 64.2 Å². The van der Waals surface area contributed by atoms with Crippen LogP contribution in [0.15, 0.2) is 60.8 Å². The molecule has 0 aliphatic rings. The van der Waals surface area contributed by atoms with E-state index in [2.05, 4.69) is 74.6 Å². The van der Waals surface area contributed by atoms with Gasteiger partial charge < -0.3 is 33.3 Å². The van der Waals surface area contributed by atoms with Crippen LogP contribution >= 0.6 is 0 Å². The van der Waals surface area contributed by atoms with Crippen molar-refractivity contribution in [2.24, 2.45) is 0 Å². The Kier molecular flexibility index (Phi) is 66.5. The molecule has 0 N–H and O–H groups in total. The number of nitrogens with zero attached hydrogens (tertiary/aromatic N) is 1. The van der Waals surface area contributed by atoms with Crippen LogP contribution in [0.1, 0.15) is 361 Å². The van der Waals surface area contributed by atoms with Crippen molar-refractivity contribution in [1.29, 1.82) is 0 Å². The van der Waals surface area contributed by atoms with Crippen LogP contribution in [0.3, 0.4) is 0 Å². The first-order valence-corrected chi connectivity index (χ1v) is 37.4. The summed E-state index contributed by atoms with van der Waals surface area (Å²) < 4.78 is 22.8. The number of carboxylic acids is 1. The van der Waals surface area contributed by atoms with Crippen LogP contribution in [0.2, 0.25) is 0 Å². The van der Waals surface area contributed by atoms with Gasteiger partial charge in [-0.3, -0.25) is 9.59 Å². The van der Waals surface area contributed by atoms with Gasteiger partial charge in [0.05, 0.1) is 40.3 Å². The van der Waals surface area contributed by atoms with Crippen molar-refractivity contribution in [1.82, 2.24) is 0 Å². The Labute approximate surface area is 539 Å². The maximum Gasteiger partial charge on any atom is 0.306 e. The van der Waals surface area contributed by atoms with Gasteiger partial charge in [0.15, 0.2) is 12.4 Å². The lowest BCUT2D eigenvalue weighted by Gasteiger charge is -2.26. The molecule has 0 radical (unpaired) electrons. The third-order valence-corrected chi connectivity index (χ3v) is 16.7. The summed E-state index contributed by atoms with van der Waals surface area (Å²) in [5.41, 5.74) is 0. The Bertz CT molecular complexity index is 1610. The largest absolute Gasteiger partial charge is 0.545 e. The number of unbranched alkanes of at least 4 members (excludes halogenated alkanes) is 45. The zero-order valence-corrected chi connectivity index (χ0v) is 58.2. The Morgan fingerprint density at radius 1 is 0.356 bits per heavy atom. The molecule has 0 saturated heterocycles. The molecular weight excluding hydrogens is 1080 g/mol. The van der Waals surface area contributed by atoms with Crippen LogP contribution in [-0.2, 0) is 33.3 Å². The Balaban J connectivity index is 4.00. The highest BCUT2D eigenvalue weighted by molar-refractivity contribution is 5.70. The number of carbonyl (C=O) groups is 3. The average Bonchev–Trinajstić information content (AvgIpc) is 3.57. The van der Waals surface area contributed by atoms with Crippen molar-refractivity contribution >= 4 is 17.9 Å². The van der Waals surface area contributed by atoms with Gasteiger partial charge in [-0.1, -0.05) is 331 Å². The van der Waals surface area contributed by atoms with Crippen LogP contribution in [0, 0.1) is 0 Å². The smallest absolute Gasteiger partial charge is 0.306 e. The van der Waals surface area contributed by atoms with Crippen LogP contribution in [-0.4, -0.2) is 82.3 Å². The van der Waals surface area contributed by atoms with Crippen molar-refractivity contribution in [3.8, 4) is 0 Å². The van der Waals surface area contributed by atoms with E-state index < -0.39 is 24.3 Å². The molecular formula is C78H143NO8. The minimum absolute atomic E-state index is 0.150. The first-order chi connectivity index (χ1) is 42.6. The third kappa shape index (κ3) is 70.3. The van der Waals surface area contributed by atoms with E-state index >= 15 is 0 Å². The lowest BCUT2D eigenvalue weighted by atomic mass is 10.0. The summed E-state index contributed by atoms with van der Waals surface area (Å²) in [5, 5.41) is 11.8. The number of carboxylic acid groups (broad SMARTS) is 1. The maximum atomic E-state index is 13.0. The maximum absolute atomic E-state index is 13.0. The van der Waals surface area contributed by atoms with Gasteiger partial charge in [0.25, 0.3) is 0 Å². The van der Waals surface area contributed by atoms with Gasteiger partial charge in [-0.05, 0) is 77.0 Å². The van der Waals surface area contributed by atoms with E-state index in [4.69, 9.17) is 18.9 Å². The Morgan fingerprint density at radius 2 is 0.655 bits per heavy atom. The summed E-state index contributed by atoms with van der Waals surface area (Å²) in [6.45, 7) is 4.70. The topological polar surface area (TPSA) is 111 Å². The highest BCUT2D eigenvalue weighted by atomic mass is 16.7. The van der Waals surface area contributed by atoms with Gasteiger partial charge in [0.1, 0.15) is 13.2 Å². The number of hydrogen-bond donors (Lipinski definition) is 0. The van der Waals surface area contributed by atoms with Crippen LogP contribution in [0.25, 0.3) is 0 Å². The normalized spacial score (nSPS) is 13.0. The first kappa shape index (κ1) is 84.0. The zero-order valence-electron chi connectivity index (χ0n) is 58.2. The average molecular weight is 1220 g/mol. The molecule has 0 spiro atoms. The second-order valence-corrected chi connectivity index (χ2v) is 26.6. The molecule has 0 aliphatic carbocycles. The minimum Gasteiger partial charge on any atom is -0.545 e. The molecule has 2 unspecified atom stereocenters. The first-order valence-electron chi connectivity index (χ1n) is 37.4. The Morgan fingerprint density at radius 3 is 0.989 bits per heavy atom. The van der Waals surface area contributed by atoms with Crippen molar-refractivity contribution in [3.05, 3.63) is 60.8 Å². The van der Waals surface area contributed by atoms with E-state index in [1.54, 1.807) is 0 Å². The molecule has 0 rings (SSSR count). The molecule has 0 heterocycles. The lowest BCUT2D eigenvalue weighted by Crippen LogP contribution is -2.44. The summed E-state index contributed by atoms with van der Waals surface area (Å²) >= 11 is 0. The van der Waals surface area contributed by atoms with Gasteiger partial charge in [0, 0.05) is 12.8 Å². The number of likely N-dealkylation sites (N-methyl/N-ethyl adjacent to an activating group) is 1. The molecule has 2 atom stereocenters. The van der Waals surface area contributed by atoms with Crippen LogP contribution < -0.4 is 5.11 Å². The highest BCUT2D eigenvalue weighted by Gasteiger charge is 2.22. The molecule has 0 amide bonds. The van der Waals surface area contributed by atoms with Crippen LogP contribution in [0.5, 0.6) is 0 Å². The van der Waals surface area contributed by atoms with Crippen LogP contribution in [0.4, 0.5) is 0 Å². The van der Waals surface area contributed by atoms with E-state index in [1.807, 2.05) is 21.1 Å². The summed E-state index contributed by atoms with van der Waals surface area (Å²) in [7, 11) is 5.94. The van der Waals surface area contributed by atoms with Crippen molar-refractivity contribution in [2.45, 2.75) is 373 Å². The molecule has 0 aromatic rings. The minimum atomic E-state index is -1.62. The molecule has 0 fully saturated rings. The van der Waals surface area contributed by atoms with Crippen molar-refractivity contribution in [3.63, 3.8) is 0 Å². The van der Waals surface area contributed by atoms with E-state index in [0.29, 0.717) is 17.4 Å². The molecule has 508 valence electrons. The fourth-order valence-corrected chi connectivity index (χ4v) is 11.1. The van der Waals surface area contributed by atoms with Gasteiger partial charge in [0.2, 0.25) is 0 Å². The molecule has 0 aliphatic heterocycles. The molecule has 0 bridgehead atoms. The summed E-state index contributed by atoms with van der Waals surface area (Å²) in [4.78, 5) is 37.5. The SMILES string of the molecule is CC/C=C\C/C=C\C/C=C\C/C=C\CCCCCCCCCCCCCCCCCCCCCCCCCCC(=O)OC(COC(=O)CCCCCCCCCCCCCCC/C=C\CCCCCCCCCC)COC(OCC[N+](C)(C)C)C(=O)[O-]. The molecule has 0 aromatic carbocycles. The highest BCUT2D eigenvalue weighted by Crippen LogP contribution is 2.19. The standard InChI is InChI=1S/C78H143NO8/c1-6-8-10-12-14-16-18-20-22-24-26-28-30-32-33-34-35-36-37-38-39-40-41-42-43-45-47-49-51-53-55-57-59-61-63-65-67-69-76(81)87-74(73-86-78(77(82)83)84-71-70-79(3,4)5)72-85-75(80)68-66-64-62-60-58-56-54-52-50-48-46-44-31-29-27-25-23-21-19-17-15-13-11-9-7-2/h8,10,14,16,20,22,25-28,74,78H,6-7,9,11-13,15,17-19,21,23-24,29-73H2,1-5H3/b10-8-,16-14-,22-20-,27-25-,28-26-. The number of hydrogen-bond acceptors (Lipinski definition) is 8. The zero-order chi connectivity index (χ0) is 63.3. The predicted octanol–water partition coefficient (Wildman–Crippen LogP) is 22.1. The van der Waals surface area contributed by atoms with Gasteiger partial charge in [-0.25, -0.2) is 0 Å². The number of ether oxygens (including phenoxy) is 4.